The number of hydrogen-bond donors (Lipinski definition) is 0. The molecule has 1 aliphatic rings. The molecular weight excluding hydrogens is 332 g/mol. The van der Waals surface area contributed by atoms with E-state index in [4.69, 9.17) is 4.74 Å². The Balaban J connectivity index is 1.97. The number of pyridine rings is 1. The Labute approximate surface area is 152 Å². The highest BCUT2D eigenvalue weighted by Crippen LogP contribution is 2.25. The van der Waals surface area contributed by atoms with E-state index in [1.54, 1.807) is 23.4 Å². The van der Waals surface area contributed by atoms with Crippen molar-refractivity contribution in [2.24, 2.45) is 7.05 Å². The molecule has 1 aromatic heterocycles. The molecule has 0 radical (unpaired) electrons. The molecule has 1 aromatic carbocycles. The third-order valence-corrected chi connectivity index (χ3v) is 4.98. The lowest BCUT2D eigenvalue weighted by molar-refractivity contribution is -0.144. The zero-order chi connectivity index (χ0) is 18.7. The minimum absolute atomic E-state index is 0.182. The maximum Gasteiger partial charge on any atom is 0.307 e. The molecule has 1 atom stereocenters. The Kier molecular flexibility index (Phi) is 5.40. The van der Waals surface area contributed by atoms with Gasteiger partial charge in [0.2, 0.25) is 0 Å². The van der Waals surface area contributed by atoms with Crippen molar-refractivity contribution in [2.45, 2.75) is 38.6 Å². The Hall–Kier alpha value is -2.63. The van der Waals surface area contributed by atoms with Gasteiger partial charge in [0, 0.05) is 31.1 Å². The molecule has 0 N–H and O–H groups in total. The van der Waals surface area contributed by atoms with Crippen LogP contribution in [0.15, 0.2) is 35.1 Å². The van der Waals surface area contributed by atoms with Crippen molar-refractivity contribution in [1.29, 1.82) is 0 Å². The summed E-state index contributed by atoms with van der Waals surface area (Å²) in [4.78, 5) is 39.2. The largest absolute Gasteiger partial charge is 0.466 e. The number of rotatable bonds is 4. The highest BCUT2D eigenvalue weighted by atomic mass is 16.5. The number of para-hydroxylation sites is 1. The first-order chi connectivity index (χ1) is 12.5. The molecule has 1 saturated heterocycles. The summed E-state index contributed by atoms with van der Waals surface area (Å²) in [5, 5.41) is 0.750. The van der Waals surface area contributed by atoms with Gasteiger partial charge in [-0.3, -0.25) is 14.4 Å². The molecule has 138 valence electrons. The first-order valence-electron chi connectivity index (χ1n) is 9.08. The summed E-state index contributed by atoms with van der Waals surface area (Å²) in [6.45, 7) is 2.69. The topological polar surface area (TPSA) is 68.6 Å². The highest BCUT2D eigenvalue weighted by Gasteiger charge is 2.30. The minimum atomic E-state index is -0.286. The Morgan fingerprint density at radius 2 is 2.00 bits per heavy atom. The van der Waals surface area contributed by atoms with Gasteiger partial charge in [-0.2, -0.15) is 0 Å². The van der Waals surface area contributed by atoms with Crippen LogP contribution in [0.3, 0.4) is 0 Å². The standard InChI is InChI=1S/C20H24N2O4/c1-3-26-19(24)12-14-8-6-7-11-22(14)20(25)16-13-18(23)21(2)17-10-5-4-9-15(16)17/h4-5,9-10,13-14H,3,6-8,11-12H2,1-2H3/t14-/m1/s1. The SMILES string of the molecule is CCOC(=O)C[C@H]1CCCCN1C(=O)c1cc(=O)n(C)c2ccccc12. The number of fused-ring (bicyclic) bond motifs is 1. The number of aromatic nitrogens is 1. The lowest BCUT2D eigenvalue weighted by Crippen LogP contribution is -2.45. The fourth-order valence-corrected chi connectivity index (χ4v) is 3.63. The van der Waals surface area contributed by atoms with Gasteiger partial charge in [0.25, 0.3) is 11.5 Å². The van der Waals surface area contributed by atoms with E-state index in [0.29, 0.717) is 18.7 Å². The molecule has 0 unspecified atom stereocenters. The van der Waals surface area contributed by atoms with Crippen LogP contribution in [0.2, 0.25) is 0 Å². The number of piperidine rings is 1. The first-order valence-corrected chi connectivity index (χ1v) is 9.08. The number of hydrogen-bond acceptors (Lipinski definition) is 4. The van der Waals surface area contributed by atoms with E-state index in [-0.39, 0.29) is 29.9 Å². The summed E-state index contributed by atoms with van der Waals surface area (Å²) in [6, 6.07) is 8.61. The molecule has 6 nitrogen and oxygen atoms in total. The van der Waals surface area contributed by atoms with Crippen LogP contribution in [0.25, 0.3) is 10.9 Å². The maximum atomic E-state index is 13.3. The monoisotopic (exact) mass is 356 g/mol. The Morgan fingerprint density at radius 1 is 1.23 bits per heavy atom. The van der Waals surface area contributed by atoms with E-state index in [2.05, 4.69) is 0 Å². The number of ether oxygens (including phenoxy) is 1. The van der Waals surface area contributed by atoms with Crippen molar-refractivity contribution in [3.05, 3.63) is 46.2 Å². The second-order valence-electron chi connectivity index (χ2n) is 6.63. The maximum absolute atomic E-state index is 13.3. The van der Waals surface area contributed by atoms with Crippen LogP contribution in [-0.4, -0.2) is 40.5 Å². The second kappa shape index (κ2) is 7.72. The van der Waals surface area contributed by atoms with Gasteiger partial charge in [0.15, 0.2) is 0 Å². The van der Waals surface area contributed by atoms with Crippen LogP contribution in [-0.2, 0) is 16.6 Å². The number of aryl methyl sites for hydroxylation is 1. The molecule has 6 heteroatoms. The molecule has 0 aliphatic carbocycles. The van der Waals surface area contributed by atoms with Gasteiger partial charge in [-0.1, -0.05) is 18.2 Å². The van der Waals surface area contributed by atoms with Gasteiger partial charge < -0.3 is 14.2 Å². The summed E-state index contributed by atoms with van der Waals surface area (Å²) in [7, 11) is 1.70. The summed E-state index contributed by atoms with van der Waals surface area (Å²) in [5.74, 6) is -0.473. The van der Waals surface area contributed by atoms with E-state index in [1.165, 1.54) is 6.07 Å². The van der Waals surface area contributed by atoms with Gasteiger partial charge in [0.1, 0.15) is 0 Å². The van der Waals surface area contributed by atoms with Crippen LogP contribution in [0.1, 0.15) is 43.0 Å². The van der Waals surface area contributed by atoms with Crippen molar-refractivity contribution in [2.75, 3.05) is 13.2 Å². The fourth-order valence-electron chi connectivity index (χ4n) is 3.63. The smallest absolute Gasteiger partial charge is 0.307 e. The van der Waals surface area contributed by atoms with E-state index in [9.17, 15) is 14.4 Å². The van der Waals surface area contributed by atoms with Gasteiger partial charge in [-0.15, -0.1) is 0 Å². The molecule has 2 aromatic rings. The fraction of sp³-hybridized carbons (Fsp3) is 0.450. The van der Waals surface area contributed by atoms with E-state index in [1.807, 2.05) is 24.3 Å². The summed E-state index contributed by atoms with van der Waals surface area (Å²) in [6.07, 6.45) is 2.84. The summed E-state index contributed by atoms with van der Waals surface area (Å²) >= 11 is 0. The van der Waals surface area contributed by atoms with Gasteiger partial charge >= 0.3 is 5.97 Å². The van der Waals surface area contributed by atoms with Crippen LogP contribution in [0.4, 0.5) is 0 Å². The molecule has 26 heavy (non-hydrogen) atoms. The van der Waals surface area contributed by atoms with Crippen molar-refractivity contribution in [3.8, 4) is 0 Å². The van der Waals surface area contributed by atoms with Crippen LogP contribution >= 0.6 is 0 Å². The molecule has 2 heterocycles. The molecule has 0 bridgehead atoms. The molecule has 0 saturated carbocycles. The lowest BCUT2D eigenvalue weighted by Gasteiger charge is -2.35. The lowest BCUT2D eigenvalue weighted by atomic mass is 9.97. The number of likely N-dealkylation sites (tertiary alicyclic amines) is 1. The molecule has 3 rings (SSSR count). The average Bonchev–Trinajstić information content (AvgIpc) is 2.65. The number of esters is 1. The van der Waals surface area contributed by atoms with E-state index in [0.717, 1.165) is 30.2 Å². The first kappa shape index (κ1) is 18.2. The van der Waals surface area contributed by atoms with Crippen molar-refractivity contribution in [3.63, 3.8) is 0 Å². The number of nitrogens with zero attached hydrogens (tertiary/aromatic N) is 2. The Morgan fingerprint density at radius 3 is 2.77 bits per heavy atom. The highest BCUT2D eigenvalue weighted by molar-refractivity contribution is 6.06. The molecule has 1 aliphatic heterocycles. The van der Waals surface area contributed by atoms with Crippen LogP contribution in [0.5, 0.6) is 0 Å². The second-order valence-corrected chi connectivity index (χ2v) is 6.63. The Bertz CT molecular complexity index is 887. The predicted molar refractivity (Wildman–Crippen MR) is 99.1 cm³/mol. The normalized spacial score (nSPS) is 17.3. The van der Waals surface area contributed by atoms with Gasteiger partial charge in [-0.25, -0.2) is 0 Å². The zero-order valence-corrected chi connectivity index (χ0v) is 15.2. The average molecular weight is 356 g/mol. The third-order valence-electron chi connectivity index (χ3n) is 4.98. The third kappa shape index (κ3) is 3.49. The van der Waals surface area contributed by atoms with Gasteiger partial charge in [0.05, 0.1) is 24.1 Å². The minimum Gasteiger partial charge on any atom is -0.466 e. The predicted octanol–water partition coefficient (Wildman–Crippen LogP) is 2.49. The molecule has 1 amide bonds. The van der Waals surface area contributed by atoms with Gasteiger partial charge in [-0.05, 0) is 32.3 Å². The van der Waals surface area contributed by atoms with Crippen LogP contribution < -0.4 is 5.56 Å². The van der Waals surface area contributed by atoms with Crippen molar-refractivity contribution < 1.29 is 14.3 Å². The molecule has 1 fully saturated rings. The number of carbonyl (C=O) groups excluding carboxylic acids is 2. The molecule has 0 spiro atoms. The number of carbonyl (C=O) groups is 2. The summed E-state index contributed by atoms with van der Waals surface area (Å²) < 4.78 is 6.59. The number of benzene rings is 1. The number of amides is 1. The van der Waals surface area contributed by atoms with Crippen molar-refractivity contribution in [1.82, 2.24) is 9.47 Å². The molecular formula is C20H24N2O4. The summed E-state index contributed by atoms with van der Waals surface area (Å²) in [5.41, 5.74) is 0.910. The van der Waals surface area contributed by atoms with E-state index >= 15 is 0 Å². The zero-order valence-electron chi connectivity index (χ0n) is 15.2. The quantitative estimate of drug-likeness (QED) is 0.789. The van der Waals surface area contributed by atoms with Crippen LogP contribution in [0, 0.1) is 0 Å². The van der Waals surface area contributed by atoms with Crippen molar-refractivity contribution >= 4 is 22.8 Å². The van der Waals surface area contributed by atoms with E-state index < -0.39 is 0 Å².